The number of rotatable bonds is 4. The molecule has 1 aromatic rings. The van der Waals surface area contributed by atoms with Crippen LogP contribution >= 0.6 is 0 Å². The summed E-state index contributed by atoms with van der Waals surface area (Å²) in [7, 11) is 0. The van der Waals surface area contributed by atoms with Crippen molar-refractivity contribution in [1.29, 1.82) is 0 Å². The lowest BCUT2D eigenvalue weighted by molar-refractivity contribution is -0.140. The lowest BCUT2D eigenvalue weighted by atomic mass is 10.4. The van der Waals surface area contributed by atoms with Crippen LogP contribution in [0.1, 0.15) is 6.92 Å². The van der Waals surface area contributed by atoms with Crippen molar-refractivity contribution in [3.63, 3.8) is 0 Å². The third-order valence-corrected chi connectivity index (χ3v) is 2.92. The maximum atomic E-state index is 11.5. The van der Waals surface area contributed by atoms with Crippen molar-refractivity contribution in [2.24, 2.45) is 0 Å². The van der Waals surface area contributed by atoms with E-state index < -0.39 is 11.2 Å². The molecule has 1 rings (SSSR count). The van der Waals surface area contributed by atoms with Gasteiger partial charge < -0.3 is 9.29 Å². The number of esters is 1. The first kappa shape index (κ1) is 11.1. The average Bonchev–Trinajstić information content (AvgIpc) is 2.18. The number of ether oxygens (including phenoxy) is 1. The summed E-state index contributed by atoms with van der Waals surface area (Å²) in [6.07, 6.45) is 0. The van der Waals surface area contributed by atoms with Crippen molar-refractivity contribution in [2.45, 2.75) is 11.8 Å². The van der Waals surface area contributed by atoms with Crippen LogP contribution in [0.4, 0.5) is 0 Å². The molecule has 0 saturated carbocycles. The predicted octanol–water partition coefficient (Wildman–Crippen LogP) is 1.36. The van der Waals surface area contributed by atoms with Crippen LogP contribution < -0.4 is 0 Å². The second-order valence-electron chi connectivity index (χ2n) is 2.70. The number of hydrogen-bond acceptors (Lipinski definition) is 3. The number of carbonyl (C=O) groups is 1. The molecule has 1 atom stereocenters. The lowest BCUT2D eigenvalue weighted by Crippen LogP contribution is -2.14. The van der Waals surface area contributed by atoms with Gasteiger partial charge >= 0.3 is 5.97 Å². The Morgan fingerprint density at radius 1 is 1.43 bits per heavy atom. The zero-order chi connectivity index (χ0) is 10.4. The summed E-state index contributed by atoms with van der Waals surface area (Å²) < 4.78 is 16.2. The molecule has 0 radical (unpaired) electrons. The zero-order valence-corrected chi connectivity index (χ0v) is 8.75. The second-order valence-corrected chi connectivity index (χ2v) is 4.27. The van der Waals surface area contributed by atoms with E-state index in [1.807, 2.05) is 18.2 Å². The fourth-order valence-corrected chi connectivity index (χ4v) is 1.88. The van der Waals surface area contributed by atoms with Crippen molar-refractivity contribution in [2.75, 3.05) is 12.4 Å². The van der Waals surface area contributed by atoms with E-state index in [2.05, 4.69) is 0 Å². The fraction of sp³-hybridized carbons (Fsp3) is 0.300. The molecule has 1 aromatic carbocycles. The van der Waals surface area contributed by atoms with Crippen LogP contribution in [0.5, 0.6) is 0 Å². The van der Waals surface area contributed by atoms with Gasteiger partial charge in [-0.2, -0.15) is 0 Å². The average molecular weight is 212 g/mol. The van der Waals surface area contributed by atoms with Crippen LogP contribution in [0.15, 0.2) is 35.2 Å². The largest absolute Gasteiger partial charge is 0.611 e. The Balaban J connectivity index is 2.36. The summed E-state index contributed by atoms with van der Waals surface area (Å²) in [5.41, 5.74) is 0. The third kappa shape index (κ3) is 3.81. The predicted molar refractivity (Wildman–Crippen MR) is 54.4 cm³/mol. The van der Waals surface area contributed by atoms with E-state index in [9.17, 15) is 9.35 Å². The molecule has 0 aliphatic rings. The van der Waals surface area contributed by atoms with Crippen LogP contribution in [-0.4, -0.2) is 22.9 Å². The Morgan fingerprint density at radius 2 is 2.07 bits per heavy atom. The molecule has 0 bridgehead atoms. The molecule has 0 aliphatic carbocycles. The molecule has 0 saturated heterocycles. The monoisotopic (exact) mass is 212 g/mol. The highest BCUT2D eigenvalue weighted by molar-refractivity contribution is 7.91. The molecule has 4 heteroatoms. The van der Waals surface area contributed by atoms with E-state index >= 15 is 0 Å². The van der Waals surface area contributed by atoms with Crippen molar-refractivity contribution in [3.05, 3.63) is 30.3 Å². The minimum atomic E-state index is -1.08. The van der Waals surface area contributed by atoms with Crippen LogP contribution in [-0.2, 0) is 20.7 Å². The van der Waals surface area contributed by atoms with Gasteiger partial charge in [-0.25, -0.2) is 0 Å². The van der Waals surface area contributed by atoms with Crippen molar-refractivity contribution in [3.8, 4) is 0 Å². The Labute approximate surface area is 86.3 Å². The van der Waals surface area contributed by atoms with Gasteiger partial charge in [0.15, 0.2) is 4.90 Å². The van der Waals surface area contributed by atoms with Crippen molar-refractivity contribution >= 4 is 17.1 Å². The molecule has 1 unspecified atom stereocenters. The quantitative estimate of drug-likeness (QED) is 0.559. The molecular weight excluding hydrogens is 200 g/mol. The van der Waals surface area contributed by atoms with Gasteiger partial charge in [0, 0.05) is 6.92 Å². The molecule has 0 N–H and O–H groups in total. The SMILES string of the molecule is CC(=O)OCC[S+]([O-])c1ccccc1. The van der Waals surface area contributed by atoms with E-state index in [-0.39, 0.29) is 12.6 Å². The van der Waals surface area contributed by atoms with E-state index in [0.29, 0.717) is 5.75 Å². The number of hydrogen-bond donors (Lipinski definition) is 0. The first-order chi connectivity index (χ1) is 6.70. The highest BCUT2D eigenvalue weighted by Gasteiger charge is 2.09. The van der Waals surface area contributed by atoms with Gasteiger partial charge in [0.25, 0.3) is 0 Å². The fourth-order valence-electron chi connectivity index (χ4n) is 0.951. The number of benzene rings is 1. The Morgan fingerprint density at radius 3 is 2.64 bits per heavy atom. The van der Waals surface area contributed by atoms with E-state index in [1.54, 1.807) is 12.1 Å². The van der Waals surface area contributed by atoms with Gasteiger partial charge in [-0.15, -0.1) is 0 Å². The first-order valence-electron chi connectivity index (χ1n) is 4.27. The van der Waals surface area contributed by atoms with Gasteiger partial charge in [0.05, 0.1) is 0 Å². The van der Waals surface area contributed by atoms with Crippen LogP contribution in [0.25, 0.3) is 0 Å². The summed E-state index contributed by atoms with van der Waals surface area (Å²) in [4.78, 5) is 11.2. The zero-order valence-electron chi connectivity index (χ0n) is 7.93. The molecular formula is C10H12O3S. The minimum Gasteiger partial charge on any atom is -0.611 e. The van der Waals surface area contributed by atoms with Crippen LogP contribution in [0.2, 0.25) is 0 Å². The minimum absolute atomic E-state index is 0.205. The first-order valence-corrected chi connectivity index (χ1v) is 5.59. The van der Waals surface area contributed by atoms with Crippen molar-refractivity contribution < 1.29 is 14.1 Å². The van der Waals surface area contributed by atoms with E-state index in [4.69, 9.17) is 4.74 Å². The normalized spacial score (nSPS) is 12.1. The maximum absolute atomic E-state index is 11.5. The molecule has 14 heavy (non-hydrogen) atoms. The van der Waals surface area contributed by atoms with Gasteiger partial charge in [-0.05, 0) is 23.3 Å². The third-order valence-electron chi connectivity index (χ3n) is 1.58. The van der Waals surface area contributed by atoms with Crippen molar-refractivity contribution in [1.82, 2.24) is 0 Å². The van der Waals surface area contributed by atoms with Crippen LogP contribution in [0, 0.1) is 0 Å². The van der Waals surface area contributed by atoms with Gasteiger partial charge in [0.2, 0.25) is 0 Å². The molecule has 3 nitrogen and oxygen atoms in total. The Hall–Kier alpha value is -1.00. The van der Waals surface area contributed by atoms with Gasteiger partial charge in [-0.1, -0.05) is 18.2 Å². The summed E-state index contributed by atoms with van der Waals surface area (Å²) in [5, 5.41) is 0. The highest BCUT2D eigenvalue weighted by atomic mass is 32.2. The van der Waals surface area contributed by atoms with E-state index in [1.165, 1.54) is 6.92 Å². The van der Waals surface area contributed by atoms with Gasteiger partial charge in [0.1, 0.15) is 12.4 Å². The summed E-state index contributed by atoms with van der Waals surface area (Å²) >= 11 is -1.08. The standard InChI is InChI=1S/C10H12O3S/c1-9(11)13-7-8-14(12)10-5-3-2-4-6-10/h2-6H,7-8H2,1H3. The van der Waals surface area contributed by atoms with E-state index in [0.717, 1.165) is 4.90 Å². The Kier molecular flexibility index (Phi) is 4.49. The highest BCUT2D eigenvalue weighted by Crippen LogP contribution is 2.09. The summed E-state index contributed by atoms with van der Waals surface area (Å²) in [6.45, 7) is 1.54. The maximum Gasteiger partial charge on any atom is 0.302 e. The lowest BCUT2D eigenvalue weighted by Gasteiger charge is -2.09. The summed E-state index contributed by atoms with van der Waals surface area (Å²) in [6, 6.07) is 9.12. The molecule has 0 aliphatic heterocycles. The molecule has 0 aromatic heterocycles. The summed E-state index contributed by atoms with van der Waals surface area (Å²) in [5.74, 6) is 0.0129. The smallest absolute Gasteiger partial charge is 0.302 e. The topological polar surface area (TPSA) is 49.4 Å². The molecule has 0 fully saturated rings. The molecule has 76 valence electrons. The molecule has 0 amide bonds. The number of carbonyl (C=O) groups excluding carboxylic acids is 1. The van der Waals surface area contributed by atoms with Crippen LogP contribution in [0.3, 0.4) is 0 Å². The van der Waals surface area contributed by atoms with Gasteiger partial charge in [-0.3, -0.25) is 4.79 Å². The Bertz CT molecular complexity index is 287. The second kappa shape index (κ2) is 5.67. The molecule has 0 heterocycles. The molecule has 0 spiro atoms.